The van der Waals surface area contributed by atoms with E-state index < -0.39 is 0 Å². The van der Waals surface area contributed by atoms with Gasteiger partial charge in [-0.25, -0.2) is 0 Å². The molecule has 31 heavy (non-hydrogen) atoms. The third kappa shape index (κ3) is 7.61. The van der Waals surface area contributed by atoms with E-state index in [1.54, 1.807) is 24.6 Å². The van der Waals surface area contributed by atoms with Gasteiger partial charge in [0, 0.05) is 47.9 Å². The van der Waals surface area contributed by atoms with E-state index in [9.17, 15) is 9.59 Å². The Morgan fingerprint density at radius 3 is 2.52 bits per heavy atom. The average Bonchev–Trinajstić information content (AvgIpc) is 2.87. The molecule has 5 heteroatoms. The molecule has 3 atom stereocenters. The van der Waals surface area contributed by atoms with Crippen LogP contribution in [0.25, 0.3) is 0 Å². The summed E-state index contributed by atoms with van der Waals surface area (Å²) in [4.78, 5) is 27.6. The zero-order valence-corrected chi connectivity index (χ0v) is 20.2. The third-order valence-electron chi connectivity index (χ3n) is 6.93. The van der Waals surface area contributed by atoms with Crippen molar-refractivity contribution in [3.8, 4) is 0 Å². The molecular formula is C26H39ClN2O2. The Morgan fingerprint density at radius 1 is 1.13 bits per heavy atom. The molecule has 3 rings (SSSR count). The molecule has 2 bridgehead atoms. The molecule has 0 aromatic carbocycles. The minimum atomic E-state index is 0.149. The molecule has 4 nitrogen and oxygen atoms in total. The van der Waals surface area contributed by atoms with Gasteiger partial charge in [-0.05, 0) is 74.9 Å². The summed E-state index contributed by atoms with van der Waals surface area (Å²) >= 11 is 6.06. The minimum absolute atomic E-state index is 0.149. The van der Waals surface area contributed by atoms with Gasteiger partial charge in [0.05, 0.1) is 6.54 Å². The fraction of sp³-hybridized carbons (Fsp3) is 0.692. The molecule has 0 aliphatic carbocycles. The van der Waals surface area contributed by atoms with E-state index in [0.29, 0.717) is 52.8 Å². The van der Waals surface area contributed by atoms with E-state index in [2.05, 4.69) is 31.0 Å². The van der Waals surface area contributed by atoms with Crippen LogP contribution in [-0.2, 0) is 9.59 Å². The molecule has 2 fully saturated rings. The highest BCUT2D eigenvalue weighted by Gasteiger charge is 2.40. The number of halogens is 1. The summed E-state index contributed by atoms with van der Waals surface area (Å²) in [6.07, 6.45) is 17.2. The van der Waals surface area contributed by atoms with Crippen LogP contribution in [0.5, 0.6) is 0 Å². The van der Waals surface area contributed by atoms with Crippen molar-refractivity contribution < 1.29 is 9.59 Å². The van der Waals surface area contributed by atoms with Crippen molar-refractivity contribution in [3.63, 3.8) is 0 Å². The zero-order chi connectivity index (χ0) is 22.4. The number of rotatable bonds is 10. The Kier molecular flexibility index (Phi) is 8.58. The van der Waals surface area contributed by atoms with E-state index in [-0.39, 0.29) is 5.78 Å². The van der Waals surface area contributed by atoms with Crippen LogP contribution in [0.15, 0.2) is 35.2 Å². The van der Waals surface area contributed by atoms with Gasteiger partial charge >= 0.3 is 0 Å². The van der Waals surface area contributed by atoms with Crippen LogP contribution in [0.3, 0.4) is 0 Å². The van der Waals surface area contributed by atoms with Crippen LogP contribution in [0.4, 0.5) is 0 Å². The minimum Gasteiger partial charge on any atom is -0.367 e. The summed E-state index contributed by atoms with van der Waals surface area (Å²) < 4.78 is 0. The SMILES string of the molecule is CC(C)(C)CCCC(=O)CN1[C@@H]2CC[C@H]1CC(CCCC(=O)C1=CNC=CC(Cl)=C1)C2. The van der Waals surface area contributed by atoms with Crippen LogP contribution >= 0.6 is 11.6 Å². The number of ketones is 2. The molecular weight excluding hydrogens is 408 g/mol. The van der Waals surface area contributed by atoms with Crippen molar-refractivity contribution >= 4 is 23.2 Å². The maximum absolute atomic E-state index is 12.5. The summed E-state index contributed by atoms with van der Waals surface area (Å²) in [6.45, 7) is 7.36. The predicted octanol–water partition coefficient (Wildman–Crippen LogP) is 5.88. The standard InChI is InChI=1S/C26H39ClN2O2/c1-26(2,3)12-5-7-24(30)18-29-22-9-10-23(29)15-19(14-22)6-4-8-25(31)20-16-21(27)11-13-28-17-20/h11,13,16-17,19,22-23,28H,4-10,12,14-15,18H2,1-3H3/t19?,22-,23+. The first kappa shape index (κ1) is 24.3. The first-order valence-electron chi connectivity index (χ1n) is 12.0. The summed E-state index contributed by atoms with van der Waals surface area (Å²) in [6, 6.07) is 1.13. The van der Waals surface area contributed by atoms with Crippen LogP contribution in [-0.4, -0.2) is 35.1 Å². The van der Waals surface area contributed by atoms with E-state index in [1.807, 2.05) is 0 Å². The van der Waals surface area contributed by atoms with Crippen molar-refractivity contribution in [1.29, 1.82) is 0 Å². The van der Waals surface area contributed by atoms with Gasteiger partial charge in [0.2, 0.25) is 0 Å². The van der Waals surface area contributed by atoms with Gasteiger partial charge < -0.3 is 5.32 Å². The molecule has 0 aromatic heterocycles. The molecule has 1 unspecified atom stereocenters. The van der Waals surface area contributed by atoms with E-state index in [0.717, 1.165) is 32.1 Å². The number of nitrogens with one attached hydrogen (secondary N) is 1. The lowest BCUT2D eigenvalue weighted by atomic mass is 9.86. The molecule has 3 aliphatic heterocycles. The van der Waals surface area contributed by atoms with Gasteiger partial charge in [0.1, 0.15) is 5.78 Å². The number of hydrogen-bond acceptors (Lipinski definition) is 4. The quantitative estimate of drug-likeness (QED) is 0.455. The Labute approximate surface area is 193 Å². The highest BCUT2D eigenvalue weighted by Crippen LogP contribution is 2.40. The Morgan fingerprint density at radius 2 is 1.84 bits per heavy atom. The van der Waals surface area contributed by atoms with Gasteiger partial charge in [-0.3, -0.25) is 14.5 Å². The second-order valence-corrected chi connectivity index (χ2v) is 11.2. The number of carbonyl (C=O) groups is 2. The summed E-state index contributed by atoms with van der Waals surface area (Å²) in [5.74, 6) is 1.24. The highest BCUT2D eigenvalue weighted by molar-refractivity contribution is 6.31. The molecule has 0 saturated carbocycles. The molecule has 2 saturated heterocycles. The Balaban J connectivity index is 1.39. The van der Waals surface area contributed by atoms with Crippen LogP contribution in [0, 0.1) is 11.3 Å². The van der Waals surface area contributed by atoms with Gasteiger partial charge in [-0.15, -0.1) is 0 Å². The summed E-state index contributed by atoms with van der Waals surface area (Å²) in [5, 5.41) is 3.55. The molecule has 3 heterocycles. The maximum atomic E-state index is 12.5. The number of Topliss-reactive ketones (excluding diaryl/α,β-unsaturated/α-hetero) is 2. The zero-order valence-electron chi connectivity index (χ0n) is 19.5. The van der Waals surface area contributed by atoms with Crippen molar-refractivity contribution in [3.05, 3.63) is 35.2 Å². The van der Waals surface area contributed by atoms with E-state index >= 15 is 0 Å². The highest BCUT2D eigenvalue weighted by atomic mass is 35.5. The van der Waals surface area contributed by atoms with Gasteiger partial charge in [-0.1, -0.05) is 32.4 Å². The number of nitrogens with zero attached hydrogens (tertiary/aromatic N) is 1. The number of carbonyl (C=O) groups excluding carboxylic acids is 2. The van der Waals surface area contributed by atoms with E-state index in [4.69, 9.17) is 11.6 Å². The topological polar surface area (TPSA) is 49.4 Å². The lowest BCUT2D eigenvalue weighted by Gasteiger charge is -2.38. The van der Waals surface area contributed by atoms with E-state index in [1.165, 1.54) is 25.7 Å². The van der Waals surface area contributed by atoms with Gasteiger partial charge in [0.25, 0.3) is 0 Å². The molecule has 0 radical (unpaired) electrons. The first-order valence-corrected chi connectivity index (χ1v) is 12.4. The molecule has 172 valence electrons. The first-order chi connectivity index (χ1) is 14.7. The fourth-order valence-corrected chi connectivity index (χ4v) is 5.52. The maximum Gasteiger partial charge on any atom is 0.164 e. The number of fused-ring (bicyclic) bond motifs is 2. The van der Waals surface area contributed by atoms with Gasteiger partial charge in [-0.2, -0.15) is 0 Å². The molecule has 0 amide bonds. The number of allylic oxidation sites excluding steroid dienone is 4. The van der Waals surface area contributed by atoms with Crippen molar-refractivity contribution in [1.82, 2.24) is 10.2 Å². The molecule has 0 aromatic rings. The number of hydrogen-bond donors (Lipinski definition) is 1. The second-order valence-electron chi connectivity index (χ2n) is 10.8. The fourth-order valence-electron chi connectivity index (χ4n) is 5.34. The van der Waals surface area contributed by atoms with Crippen LogP contribution in [0.2, 0.25) is 0 Å². The van der Waals surface area contributed by atoms with Crippen molar-refractivity contribution in [2.75, 3.05) is 6.54 Å². The summed E-state index contributed by atoms with van der Waals surface area (Å²) in [7, 11) is 0. The second kappa shape index (κ2) is 11.0. The lowest BCUT2D eigenvalue weighted by molar-refractivity contribution is -0.122. The summed E-state index contributed by atoms with van der Waals surface area (Å²) in [5.41, 5.74) is 0.955. The molecule has 0 spiro atoms. The number of piperidine rings is 1. The molecule has 3 aliphatic rings. The predicted molar refractivity (Wildman–Crippen MR) is 128 cm³/mol. The lowest BCUT2D eigenvalue weighted by Crippen LogP contribution is -2.45. The van der Waals surface area contributed by atoms with Crippen LogP contribution < -0.4 is 5.32 Å². The van der Waals surface area contributed by atoms with Gasteiger partial charge in [0.15, 0.2) is 5.78 Å². The Bertz CT molecular complexity index is 733. The monoisotopic (exact) mass is 446 g/mol. The van der Waals surface area contributed by atoms with Crippen molar-refractivity contribution in [2.24, 2.45) is 11.3 Å². The smallest absolute Gasteiger partial charge is 0.164 e. The molecule has 1 N–H and O–H groups in total. The normalized spacial score (nSPS) is 26.1. The average molecular weight is 447 g/mol. The Hall–Kier alpha value is -1.39. The third-order valence-corrected chi connectivity index (χ3v) is 7.17. The largest absolute Gasteiger partial charge is 0.367 e. The van der Waals surface area contributed by atoms with Crippen molar-refractivity contribution in [2.45, 2.75) is 97.1 Å². The van der Waals surface area contributed by atoms with Crippen LogP contribution in [0.1, 0.15) is 85.0 Å².